The van der Waals surface area contributed by atoms with Gasteiger partial charge in [0.2, 0.25) is 0 Å². The van der Waals surface area contributed by atoms with E-state index in [0.717, 1.165) is 18.2 Å². The molecular weight excluding hydrogens is 240 g/mol. The van der Waals surface area contributed by atoms with Gasteiger partial charge in [-0.05, 0) is 31.6 Å². The van der Waals surface area contributed by atoms with Crippen LogP contribution in [0.2, 0.25) is 0 Å². The first-order valence-corrected chi connectivity index (χ1v) is 5.42. The number of carboxylic acids is 1. The van der Waals surface area contributed by atoms with Crippen molar-refractivity contribution in [1.29, 1.82) is 0 Å². The van der Waals surface area contributed by atoms with Crippen molar-refractivity contribution in [2.45, 2.75) is 20.3 Å². The number of hydrogen-bond acceptors (Lipinski definition) is 2. The molecular formula is C13H13F2NO2. The summed E-state index contributed by atoms with van der Waals surface area (Å²) < 4.78 is 26.5. The molecule has 1 aromatic rings. The van der Waals surface area contributed by atoms with E-state index in [9.17, 15) is 13.6 Å². The number of benzene rings is 1. The molecule has 1 N–H and O–H groups in total. The molecule has 0 saturated carbocycles. The fourth-order valence-electron chi connectivity index (χ4n) is 1.39. The number of carbonyl (C=O) groups is 1. The first-order chi connectivity index (χ1) is 8.49. The van der Waals surface area contributed by atoms with Gasteiger partial charge in [0.05, 0.1) is 17.0 Å². The van der Waals surface area contributed by atoms with Crippen molar-refractivity contribution in [2.24, 2.45) is 4.99 Å². The van der Waals surface area contributed by atoms with Crippen LogP contribution in [0.1, 0.15) is 30.6 Å². The van der Waals surface area contributed by atoms with Crippen LogP contribution in [-0.4, -0.2) is 16.8 Å². The van der Waals surface area contributed by atoms with Gasteiger partial charge in [0, 0.05) is 6.07 Å². The second-order valence-electron chi connectivity index (χ2n) is 3.52. The highest BCUT2D eigenvalue weighted by atomic mass is 19.1. The molecule has 1 rings (SSSR count). The molecule has 0 fully saturated rings. The Morgan fingerprint density at radius 3 is 2.67 bits per heavy atom. The molecule has 0 bridgehead atoms. The van der Waals surface area contributed by atoms with Gasteiger partial charge in [-0.3, -0.25) is 0 Å². The van der Waals surface area contributed by atoms with E-state index in [0.29, 0.717) is 0 Å². The number of nitrogens with zero attached hydrogens (tertiary/aromatic N) is 1. The summed E-state index contributed by atoms with van der Waals surface area (Å²) in [5.41, 5.74) is -0.159. The maximum atomic E-state index is 13.4. The summed E-state index contributed by atoms with van der Waals surface area (Å²) in [6.07, 6.45) is 1.51. The molecule has 0 atom stereocenters. The largest absolute Gasteiger partial charge is 0.478 e. The average Bonchev–Trinajstić information content (AvgIpc) is 2.34. The minimum absolute atomic E-state index is 0.0867. The van der Waals surface area contributed by atoms with Gasteiger partial charge in [-0.15, -0.1) is 0 Å². The molecule has 18 heavy (non-hydrogen) atoms. The van der Waals surface area contributed by atoms with Crippen molar-refractivity contribution < 1.29 is 18.7 Å². The van der Waals surface area contributed by atoms with Crippen LogP contribution in [0.3, 0.4) is 0 Å². The molecule has 0 aliphatic rings. The lowest BCUT2D eigenvalue weighted by Crippen LogP contribution is -2.00. The van der Waals surface area contributed by atoms with Crippen LogP contribution in [0.4, 0.5) is 14.5 Å². The van der Waals surface area contributed by atoms with Crippen LogP contribution in [0, 0.1) is 5.82 Å². The summed E-state index contributed by atoms with van der Waals surface area (Å²) in [5, 5.41) is 8.94. The number of rotatable bonds is 4. The summed E-state index contributed by atoms with van der Waals surface area (Å²) >= 11 is 0. The first kappa shape index (κ1) is 14.0. The SMILES string of the molecule is C/C=C(/F)C(CC)=Nc1cc(F)ccc1C(=O)O. The highest BCUT2D eigenvalue weighted by Gasteiger charge is 2.12. The van der Waals surface area contributed by atoms with E-state index in [1.807, 2.05) is 0 Å². The Morgan fingerprint density at radius 1 is 1.50 bits per heavy atom. The number of allylic oxidation sites excluding steroid dienone is 2. The van der Waals surface area contributed by atoms with E-state index in [-0.39, 0.29) is 23.4 Å². The molecule has 0 aliphatic carbocycles. The second kappa shape index (κ2) is 6.05. The van der Waals surface area contributed by atoms with Crippen LogP contribution in [0.25, 0.3) is 0 Å². The summed E-state index contributed by atoms with van der Waals surface area (Å²) in [6.45, 7) is 3.19. The Balaban J connectivity index is 3.35. The molecule has 3 nitrogen and oxygen atoms in total. The van der Waals surface area contributed by atoms with Crippen molar-refractivity contribution in [1.82, 2.24) is 0 Å². The fraction of sp³-hybridized carbons (Fsp3) is 0.231. The maximum Gasteiger partial charge on any atom is 0.337 e. The molecule has 96 valence electrons. The van der Waals surface area contributed by atoms with Crippen molar-refractivity contribution in [2.75, 3.05) is 0 Å². The Hall–Kier alpha value is -2.04. The van der Waals surface area contributed by atoms with Crippen LogP contribution >= 0.6 is 0 Å². The molecule has 0 heterocycles. The topological polar surface area (TPSA) is 49.7 Å². The van der Waals surface area contributed by atoms with Crippen molar-refractivity contribution in [3.63, 3.8) is 0 Å². The van der Waals surface area contributed by atoms with Gasteiger partial charge < -0.3 is 5.11 Å². The van der Waals surface area contributed by atoms with Crippen molar-refractivity contribution in [3.8, 4) is 0 Å². The third-order valence-corrected chi connectivity index (χ3v) is 2.31. The van der Waals surface area contributed by atoms with Gasteiger partial charge in [0.25, 0.3) is 0 Å². The van der Waals surface area contributed by atoms with E-state index in [2.05, 4.69) is 4.99 Å². The molecule has 0 radical (unpaired) electrons. The minimum atomic E-state index is -1.23. The quantitative estimate of drug-likeness (QED) is 0.828. The average molecular weight is 253 g/mol. The zero-order valence-electron chi connectivity index (χ0n) is 10.1. The smallest absolute Gasteiger partial charge is 0.337 e. The van der Waals surface area contributed by atoms with Gasteiger partial charge in [-0.1, -0.05) is 6.92 Å². The number of halogens is 2. The number of aromatic carboxylic acids is 1. The fourth-order valence-corrected chi connectivity index (χ4v) is 1.39. The van der Waals surface area contributed by atoms with Gasteiger partial charge in [0.1, 0.15) is 11.6 Å². The lowest BCUT2D eigenvalue weighted by atomic mass is 10.1. The van der Waals surface area contributed by atoms with E-state index in [1.54, 1.807) is 6.92 Å². The van der Waals surface area contributed by atoms with Crippen LogP contribution < -0.4 is 0 Å². The molecule has 0 aromatic heterocycles. The monoisotopic (exact) mass is 253 g/mol. The molecule has 0 amide bonds. The highest BCUT2D eigenvalue weighted by Crippen LogP contribution is 2.22. The van der Waals surface area contributed by atoms with Crippen molar-refractivity contribution >= 4 is 17.4 Å². The molecule has 5 heteroatoms. The zero-order valence-corrected chi connectivity index (χ0v) is 10.1. The van der Waals surface area contributed by atoms with Gasteiger partial charge in [0.15, 0.2) is 0 Å². The Bertz CT molecular complexity index is 522. The summed E-state index contributed by atoms with van der Waals surface area (Å²) in [6, 6.07) is 3.11. The third-order valence-electron chi connectivity index (χ3n) is 2.31. The molecule has 0 saturated heterocycles. The predicted octanol–water partition coefficient (Wildman–Crippen LogP) is 3.88. The number of carboxylic acid groups (broad SMARTS) is 1. The van der Waals surface area contributed by atoms with E-state index >= 15 is 0 Å². The molecule has 1 aromatic carbocycles. The lowest BCUT2D eigenvalue weighted by molar-refractivity contribution is 0.0698. The van der Waals surface area contributed by atoms with E-state index in [4.69, 9.17) is 5.11 Å². The summed E-state index contributed by atoms with van der Waals surface area (Å²) in [4.78, 5) is 14.8. The Labute approximate surface area is 103 Å². The number of aliphatic imine (C=N–C) groups is 1. The predicted molar refractivity (Wildman–Crippen MR) is 65.6 cm³/mol. The molecule has 0 spiro atoms. The lowest BCUT2D eigenvalue weighted by Gasteiger charge is -2.04. The van der Waals surface area contributed by atoms with Gasteiger partial charge in [-0.2, -0.15) is 0 Å². The van der Waals surface area contributed by atoms with Gasteiger partial charge >= 0.3 is 5.97 Å². The van der Waals surface area contributed by atoms with Crippen LogP contribution in [0.15, 0.2) is 35.1 Å². The highest BCUT2D eigenvalue weighted by molar-refractivity contribution is 6.02. The van der Waals surface area contributed by atoms with Crippen molar-refractivity contribution in [3.05, 3.63) is 41.5 Å². The normalized spacial score (nSPS) is 12.7. The van der Waals surface area contributed by atoms with Gasteiger partial charge in [-0.25, -0.2) is 18.6 Å². The Morgan fingerprint density at radius 2 is 2.17 bits per heavy atom. The molecule has 0 unspecified atom stereocenters. The van der Waals surface area contributed by atoms with Crippen LogP contribution in [0.5, 0.6) is 0 Å². The number of hydrogen-bond donors (Lipinski definition) is 1. The van der Waals surface area contributed by atoms with E-state index in [1.165, 1.54) is 13.0 Å². The second-order valence-corrected chi connectivity index (χ2v) is 3.52. The maximum absolute atomic E-state index is 13.4. The van der Waals surface area contributed by atoms with E-state index < -0.39 is 17.6 Å². The minimum Gasteiger partial charge on any atom is -0.478 e. The zero-order chi connectivity index (χ0) is 13.7. The molecule has 0 aliphatic heterocycles. The third kappa shape index (κ3) is 3.23. The Kier molecular flexibility index (Phi) is 4.71. The standard InChI is InChI=1S/C13H13F2NO2/c1-3-10(15)11(4-2)16-12-7-8(14)5-6-9(12)13(17)18/h3,5-7H,4H2,1-2H3,(H,17,18)/b10-3+,16-11?. The summed E-state index contributed by atoms with van der Waals surface area (Å²) in [7, 11) is 0. The van der Waals surface area contributed by atoms with Crippen LogP contribution in [-0.2, 0) is 0 Å². The summed E-state index contributed by atoms with van der Waals surface area (Å²) in [5.74, 6) is -2.39. The first-order valence-electron chi connectivity index (χ1n) is 5.42.